The van der Waals surface area contributed by atoms with Gasteiger partial charge in [-0.2, -0.15) is 0 Å². The Morgan fingerprint density at radius 2 is 1.66 bits per heavy atom. The summed E-state index contributed by atoms with van der Waals surface area (Å²) in [5, 5.41) is 11.9. The molecular weight excluding hydrogens is 564 g/mol. The average Bonchev–Trinajstić information content (AvgIpc) is 3.33. The van der Waals surface area contributed by atoms with Crippen LogP contribution < -0.4 is 15.0 Å². The molecule has 8 nitrogen and oxygen atoms in total. The lowest BCUT2D eigenvalue weighted by atomic mass is 9.98. The van der Waals surface area contributed by atoms with Gasteiger partial charge in [0.05, 0.1) is 23.0 Å². The second-order valence-corrected chi connectivity index (χ2v) is 12.5. The first-order valence-electron chi connectivity index (χ1n) is 14.8. The zero-order chi connectivity index (χ0) is 30.6. The minimum atomic E-state index is -1.09. The van der Waals surface area contributed by atoms with Gasteiger partial charge in [0, 0.05) is 43.7 Å². The number of nitrogens with one attached hydrogen (secondary N) is 1. The van der Waals surface area contributed by atoms with E-state index in [0.29, 0.717) is 18.4 Å². The first kappa shape index (κ1) is 28.2. The minimum Gasteiger partial charge on any atom is -0.433 e. The number of carbonyl (C=O) groups is 1. The van der Waals surface area contributed by atoms with Gasteiger partial charge in [-0.1, -0.05) is 48.5 Å². The molecule has 226 valence electrons. The minimum absolute atomic E-state index is 0.00272. The molecule has 1 atom stereocenters. The van der Waals surface area contributed by atoms with Crippen LogP contribution in [0.5, 0.6) is 5.75 Å². The molecule has 2 aliphatic heterocycles. The Morgan fingerprint density at radius 3 is 2.36 bits per heavy atom. The topological polar surface area (TPSA) is 79.8 Å². The van der Waals surface area contributed by atoms with Crippen molar-refractivity contribution in [2.75, 3.05) is 43.0 Å². The number of carbonyl (C=O) groups excluding carboxylic acids is 1. The van der Waals surface area contributed by atoms with Crippen LogP contribution in [0.1, 0.15) is 37.8 Å². The highest BCUT2D eigenvalue weighted by Crippen LogP contribution is 2.45. The van der Waals surface area contributed by atoms with Gasteiger partial charge in [-0.15, -0.1) is 10.2 Å². The third-order valence-electron chi connectivity index (χ3n) is 8.82. The molecule has 0 amide bonds. The second-order valence-electron chi connectivity index (χ2n) is 12.5. The summed E-state index contributed by atoms with van der Waals surface area (Å²) in [7, 11) is 0. The van der Waals surface area contributed by atoms with Crippen LogP contribution in [-0.2, 0) is 4.74 Å². The van der Waals surface area contributed by atoms with Crippen LogP contribution in [-0.4, -0.2) is 65.6 Å². The number of hydrogen-bond acceptors (Lipinski definition) is 8. The van der Waals surface area contributed by atoms with Crippen molar-refractivity contribution in [2.45, 2.75) is 38.3 Å². The van der Waals surface area contributed by atoms with Gasteiger partial charge in [0.1, 0.15) is 12.4 Å². The van der Waals surface area contributed by atoms with Gasteiger partial charge >= 0.3 is 6.16 Å². The van der Waals surface area contributed by atoms with Gasteiger partial charge in [-0.3, -0.25) is 4.90 Å². The SMILES string of the molecule is CC(C)(C)N1CCN2c3cc(-c4cc(F)cc(F)c4OC(=O)OCC4c5ccccc5-c5ccccc54)nnc3NC[C@@H]2C1. The van der Waals surface area contributed by atoms with Gasteiger partial charge in [-0.25, -0.2) is 13.6 Å². The zero-order valence-corrected chi connectivity index (χ0v) is 24.8. The summed E-state index contributed by atoms with van der Waals surface area (Å²) >= 11 is 0. The lowest BCUT2D eigenvalue weighted by Gasteiger charge is -2.49. The van der Waals surface area contributed by atoms with E-state index in [1.54, 1.807) is 6.07 Å². The first-order valence-corrected chi connectivity index (χ1v) is 14.8. The maximum Gasteiger partial charge on any atom is 0.513 e. The smallest absolute Gasteiger partial charge is 0.433 e. The number of halogens is 2. The van der Waals surface area contributed by atoms with Crippen LogP contribution >= 0.6 is 0 Å². The third-order valence-corrected chi connectivity index (χ3v) is 8.82. The number of rotatable bonds is 4. The first-order chi connectivity index (χ1) is 21.2. The lowest BCUT2D eigenvalue weighted by Crippen LogP contribution is -2.61. The van der Waals surface area contributed by atoms with Crippen LogP contribution in [0, 0.1) is 11.6 Å². The Bertz CT molecular complexity index is 1710. The number of anilines is 2. The Morgan fingerprint density at radius 1 is 0.955 bits per heavy atom. The molecule has 7 rings (SSSR count). The normalized spacial score (nSPS) is 17.7. The van der Waals surface area contributed by atoms with Crippen molar-refractivity contribution in [2.24, 2.45) is 0 Å². The number of aromatic nitrogens is 2. The molecule has 3 aromatic carbocycles. The van der Waals surface area contributed by atoms with Crippen molar-refractivity contribution in [1.82, 2.24) is 15.1 Å². The molecule has 1 fully saturated rings. The molecule has 1 N–H and O–H groups in total. The number of hydrogen-bond donors (Lipinski definition) is 1. The fourth-order valence-electron chi connectivity index (χ4n) is 6.59. The van der Waals surface area contributed by atoms with Crippen molar-refractivity contribution in [1.29, 1.82) is 0 Å². The molecule has 4 aromatic rings. The van der Waals surface area contributed by atoms with Crippen molar-refractivity contribution in [3.63, 3.8) is 0 Å². The van der Waals surface area contributed by atoms with E-state index in [2.05, 4.69) is 46.1 Å². The number of nitrogens with zero attached hydrogens (tertiary/aromatic N) is 4. The summed E-state index contributed by atoms with van der Waals surface area (Å²) in [5.41, 5.74) is 5.23. The van der Waals surface area contributed by atoms with Crippen molar-refractivity contribution < 1.29 is 23.0 Å². The van der Waals surface area contributed by atoms with Crippen LogP contribution in [0.4, 0.5) is 25.1 Å². The molecule has 0 bridgehead atoms. The van der Waals surface area contributed by atoms with Crippen molar-refractivity contribution in [3.8, 4) is 28.1 Å². The number of benzene rings is 3. The molecule has 0 unspecified atom stereocenters. The summed E-state index contributed by atoms with van der Waals surface area (Å²) in [4.78, 5) is 17.7. The van der Waals surface area contributed by atoms with Crippen LogP contribution in [0.15, 0.2) is 66.7 Å². The molecule has 1 saturated heterocycles. The van der Waals surface area contributed by atoms with E-state index in [1.807, 2.05) is 48.5 Å². The van der Waals surface area contributed by atoms with E-state index in [4.69, 9.17) is 9.47 Å². The molecule has 0 radical (unpaired) electrons. The van der Waals surface area contributed by atoms with Crippen molar-refractivity contribution >= 4 is 17.7 Å². The Kier molecular flexibility index (Phi) is 6.96. The van der Waals surface area contributed by atoms with E-state index in [9.17, 15) is 9.18 Å². The molecule has 10 heteroatoms. The van der Waals surface area contributed by atoms with Gasteiger partial charge in [0.25, 0.3) is 0 Å². The monoisotopic (exact) mass is 597 g/mol. The average molecular weight is 598 g/mol. The third kappa shape index (κ3) is 5.02. The van der Waals surface area contributed by atoms with Gasteiger partial charge in [0.15, 0.2) is 17.4 Å². The summed E-state index contributed by atoms with van der Waals surface area (Å²) in [6.45, 7) is 9.80. The van der Waals surface area contributed by atoms with Gasteiger partial charge in [-0.05, 0) is 55.2 Å². The van der Waals surface area contributed by atoms with E-state index >= 15 is 4.39 Å². The van der Waals surface area contributed by atoms with Gasteiger partial charge < -0.3 is 19.7 Å². The number of ether oxygens (including phenoxy) is 2. The molecule has 44 heavy (non-hydrogen) atoms. The molecule has 1 aliphatic carbocycles. The lowest BCUT2D eigenvalue weighted by molar-refractivity contribution is 0.0951. The summed E-state index contributed by atoms with van der Waals surface area (Å²) < 4.78 is 40.7. The highest BCUT2D eigenvalue weighted by Gasteiger charge is 2.37. The second kappa shape index (κ2) is 10.9. The Balaban J connectivity index is 1.13. The summed E-state index contributed by atoms with van der Waals surface area (Å²) in [6, 6.07) is 19.6. The molecule has 0 spiro atoms. The van der Waals surface area contributed by atoms with Crippen molar-refractivity contribution in [3.05, 3.63) is 89.5 Å². The van der Waals surface area contributed by atoms with Gasteiger partial charge in [0.2, 0.25) is 0 Å². The maximum atomic E-state index is 15.2. The highest BCUT2D eigenvalue weighted by molar-refractivity contribution is 5.80. The largest absolute Gasteiger partial charge is 0.513 e. The number of fused-ring (bicyclic) bond motifs is 6. The molecule has 3 heterocycles. The van der Waals surface area contributed by atoms with E-state index < -0.39 is 23.5 Å². The van der Waals surface area contributed by atoms with E-state index in [1.165, 1.54) is 0 Å². The van der Waals surface area contributed by atoms with E-state index in [-0.39, 0.29) is 35.4 Å². The zero-order valence-electron chi connectivity index (χ0n) is 24.8. The molecular formula is C34H33F2N5O3. The Hall–Kier alpha value is -4.57. The fourth-order valence-corrected chi connectivity index (χ4v) is 6.59. The standard InChI is InChI=1S/C34H33F2N5O3/c1-34(2,3)40-12-13-41-21(18-40)17-37-32-30(41)16-29(38-39-32)26-14-20(35)15-28(36)31(26)44-33(42)43-19-27-24-10-6-4-8-22(24)23-9-5-7-11-25(23)27/h4-11,14-16,21,27H,12-13,17-19H2,1-3H3,(H,37,39)/t21-/m1/s1. The quantitative estimate of drug-likeness (QED) is 0.212. The molecule has 0 saturated carbocycles. The molecule has 1 aromatic heterocycles. The Labute approximate surface area is 254 Å². The predicted octanol–water partition coefficient (Wildman–Crippen LogP) is 6.46. The van der Waals surface area contributed by atoms with Crippen LogP contribution in [0.3, 0.4) is 0 Å². The summed E-state index contributed by atoms with van der Waals surface area (Å²) in [6.07, 6.45) is -1.09. The van der Waals surface area contributed by atoms with E-state index in [0.717, 1.165) is 53.6 Å². The number of piperazine rings is 1. The maximum absolute atomic E-state index is 15.2. The molecule has 3 aliphatic rings. The predicted molar refractivity (Wildman–Crippen MR) is 164 cm³/mol. The van der Waals surface area contributed by atoms with Crippen LogP contribution in [0.2, 0.25) is 0 Å². The fraction of sp³-hybridized carbons (Fsp3) is 0.324. The highest BCUT2D eigenvalue weighted by atomic mass is 19.1. The van der Waals surface area contributed by atoms with Crippen LogP contribution in [0.25, 0.3) is 22.4 Å². The summed E-state index contributed by atoms with van der Waals surface area (Å²) in [5.74, 6) is -1.92.